The Morgan fingerprint density at radius 2 is 2.14 bits per heavy atom. The molecule has 2 aromatic rings. The zero-order chi connectivity index (χ0) is 20.3. The summed E-state index contributed by atoms with van der Waals surface area (Å²) in [5.41, 5.74) is 2.83. The molecule has 2 heterocycles. The van der Waals surface area contributed by atoms with Crippen molar-refractivity contribution in [1.29, 1.82) is 0 Å². The Bertz CT molecular complexity index is 881. The number of benzene rings is 1. The molecule has 0 saturated heterocycles. The summed E-state index contributed by atoms with van der Waals surface area (Å²) in [5.74, 6) is 0.163. The third kappa shape index (κ3) is 4.67. The Morgan fingerprint density at radius 1 is 1.36 bits per heavy atom. The highest BCUT2D eigenvalue weighted by molar-refractivity contribution is 6.35. The Morgan fingerprint density at radius 3 is 2.86 bits per heavy atom. The molecule has 6 nitrogen and oxygen atoms in total. The number of hydrogen-bond donors (Lipinski definition) is 2. The van der Waals surface area contributed by atoms with Crippen molar-refractivity contribution in [3.05, 3.63) is 50.8 Å². The molecule has 0 aliphatic carbocycles. The quantitative estimate of drug-likeness (QED) is 0.745. The van der Waals surface area contributed by atoms with Gasteiger partial charge in [0.1, 0.15) is 0 Å². The van der Waals surface area contributed by atoms with E-state index < -0.39 is 0 Å². The Balaban J connectivity index is 1.68. The largest absolute Gasteiger partial charge is 0.350 e. The molecule has 0 radical (unpaired) electrons. The fourth-order valence-electron chi connectivity index (χ4n) is 3.13. The number of hydrogen-bond acceptors (Lipinski definition) is 3. The molecular weight excluding hydrogens is 399 g/mol. The van der Waals surface area contributed by atoms with Gasteiger partial charge in [-0.25, -0.2) is 0 Å². The number of amides is 2. The molecule has 1 aromatic carbocycles. The maximum absolute atomic E-state index is 12.8. The van der Waals surface area contributed by atoms with E-state index in [2.05, 4.69) is 29.4 Å². The van der Waals surface area contributed by atoms with Gasteiger partial charge in [-0.15, -0.1) is 0 Å². The second-order valence-corrected chi connectivity index (χ2v) is 8.07. The first-order valence-electron chi connectivity index (χ1n) is 9.45. The number of aromatic nitrogens is 2. The van der Waals surface area contributed by atoms with Crippen LogP contribution in [0.3, 0.4) is 0 Å². The predicted octanol–water partition coefficient (Wildman–Crippen LogP) is 3.62. The van der Waals surface area contributed by atoms with Crippen molar-refractivity contribution < 1.29 is 9.59 Å². The zero-order valence-corrected chi connectivity index (χ0v) is 17.5. The van der Waals surface area contributed by atoms with E-state index in [1.165, 1.54) is 0 Å². The summed E-state index contributed by atoms with van der Waals surface area (Å²) in [4.78, 5) is 27.0. The first kappa shape index (κ1) is 20.7. The second-order valence-electron chi connectivity index (χ2n) is 7.23. The van der Waals surface area contributed by atoms with Gasteiger partial charge in [-0.2, -0.15) is 5.10 Å². The van der Waals surface area contributed by atoms with Gasteiger partial charge in [0.2, 0.25) is 5.91 Å². The fourth-order valence-corrected chi connectivity index (χ4v) is 3.61. The molecular formula is C20H24Cl2N4O2. The van der Waals surface area contributed by atoms with Crippen molar-refractivity contribution in [2.45, 2.75) is 39.7 Å². The van der Waals surface area contributed by atoms with Crippen molar-refractivity contribution in [3.8, 4) is 0 Å². The van der Waals surface area contributed by atoms with Gasteiger partial charge in [0.25, 0.3) is 5.91 Å². The van der Waals surface area contributed by atoms with Crippen molar-refractivity contribution in [2.24, 2.45) is 5.92 Å². The highest BCUT2D eigenvalue weighted by Gasteiger charge is 2.28. The van der Waals surface area contributed by atoms with E-state index in [4.69, 9.17) is 23.2 Å². The van der Waals surface area contributed by atoms with Gasteiger partial charge in [-0.1, -0.05) is 49.5 Å². The van der Waals surface area contributed by atoms with Gasteiger partial charge in [-0.3, -0.25) is 14.7 Å². The Kier molecular flexibility index (Phi) is 6.62. The van der Waals surface area contributed by atoms with E-state index in [-0.39, 0.29) is 18.2 Å². The van der Waals surface area contributed by atoms with Crippen molar-refractivity contribution >= 4 is 35.0 Å². The minimum absolute atomic E-state index is 0.0398. The molecule has 8 heteroatoms. The number of rotatable bonds is 6. The van der Waals surface area contributed by atoms with Crippen molar-refractivity contribution in [3.63, 3.8) is 0 Å². The molecule has 1 unspecified atom stereocenters. The molecule has 0 saturated carbocycles. The summed E-state index contributed by atoms with van der Waals surface area (Å²) in [6, 6.07) is 5.12. The highest BCUT2D eigenvalue weighted by Crippen LogP contribution is 2.24. The molecule has 0 bridgehead atoms. The lowest BCUT2D eigenvalue weighted by molar-refractivity contribution is -0.131. The minimum atomic E-state index is -0.201. The molecule has 2 amide bonds. The summed E-state index contributed by atoms with van der Waals surface area (Å²) >= 11 is 12.1. The van der Waals surface area contributed by atoms with E-state index in [0.29, 0.717) is 47.7 Å². The zero-order valence-electron chi connectivity index (χ0n) is 16.0. The Labute approximate surface area is 174 Å². The minimum Gasteiger partial charge on any atom is -0.350 e. The van der Waals surface area contributed by atoms with Gasteiger partial charge in [0.15, 0.2) is 5.69 Å². The molecule has 1 atom stereocenters. The van der Waals surface area contributed by atoms with E-state index in [9.17, 15) is 9.59 Å². The van der Waals surface area contributed by atoms with Gasteiger partial charge < -0.3 is 10.2 Å². The second kappa shape index (κ2) is 8.97. The van der Waals surface area contributed by atoms with Crippen LogP contribution in [0.25, 0.3) is 0 Å². The smallest absolute Gasteiger partial charge is 0.272 e. The number of aromatic amines is 1. The third-order valence-electron chi connectivity index (χ3n) is 5.17. The number of fused-ring (bicyclic) bond motifs is 1. The lowest BCUT2D eigenvalue weighted by atomic mass is 10.0. The van der Waals surface area contributed by atoms with Gasteiger partial charge in [0, 0.05) is 47.4 Å². The molecule has 0 spiro atoms. The van der Waals surface area contributed by atoms with Crippen LogP contribution in [0.2, 0.25) is 10.0 Å². The number of carbonyl (C=O) groups is 2. The maximum Gasteiger partial charge on any atom is 0.272 e. The lowest BCUT2D eigenvalue weighted by Crippen LogP contribution is -2.38. The average molecular weight is 423 g/mol. The fraction of sp³-hybridized carbons (Fsp3) is 0.450. The Hall–Kier alpha value is -2.05. The topological polar surface area (TPSA) is 78.1 Å². The number of nitrogens with one attached hydrogen (secondary N) is 2. The van der Waals surface area contributed by atoms with Crippen LogP contribution in [0.1, 0.15) is 47.6 Å². The highest BCUT2D eigenvalue weighted by atomic mass is 35.5. The molecule has 2 N–H and O–H groups in total. The number of H-pyrrole nitrogens is 1. The van der Waals surface area contributed by atoms with E-state index in [0.717, 1.165) is 23.2 Å². The molecule has 28 heavy (non-hydrogen) atoms. The predicted molar refractivity (Wildman–Crippen MR) is 110 cm³/mol. The van der Waals surface area contributed by atoms with E-state index in [1.54, 1.807) is 23.1 Å². The van der Waals surface area contributed by atoms with Gasteiger partial charge >= 0.3 is 0 Å². The van der Waals surface area contributed by atoms with Gasteiger partial charge in [0.05, 0.1) is 6.42 Å². The van der Waals surface area contributed by atoms with Crippen LogP contribution < -0.4 is 5.32 Å². The van der Waals surface area contributed by atoms with Crippen LogP contribution in [0.15, 0.2) is 18.2 Å². The van der Waals surface area contributed by atoms with Crippen LogP contribution in [-0.2, 0) is 24.2 Å². The summed E-state index contributed by atoms with van der Waals surface area (Å²) in [5, 5.41) is 11.1. The third-order valence-corrected chi connectivity index (χ3v) is 5.75. The summed E-state index contributed by atoms with van der Waals surface area (Å²) in [6.07, 6.45) is 1.83. The summed E-state index contributed by atoms with van der Waals surface area (Å²) in [7, 11) is 0. The van der Waals surface area contributed by atoms with Gasteiger partial charge in [-0.05, 0) is 23.6 Å². The van der Waals surface area contributed by atoms with Crippen molar-refractivity contribution in [2.75, 3.05) is 13.1 Å². The number of nitrogens with zero attached hydrogens (tertiary/aromatic N) is 2. The van der Waals surface area contributed by atoms with E-state index in [1.807, 2.05) is 0 Å². The molecule has 150 valence electrons. The average Bonchev–Trinajstić information content (AvgIpc) is 3.11. The van der Waals surface area contributed by atoms with E-state index >= 15 is 0 Å². The van der Waals surface area contributed by atoms with Crippen LogP contribution >= 0.6 is 23.2 Å². The molecule has 0 fully saturated rings. The van der Waals surface area contributed by atoms with Crippen LogP contribution in [0.4, 0.5) is 0 Å². The van der Waals surface area contributed by atoms with Crippen molar-refractivity contribution in [1.82, 2.24) is 20.4 Å². The normalized spacial score (nSPS) is 14.5. The monoisotopic (exact) mass is 422 g/mol. The number of halogens is 2. The van der Waals surface area contributed by atoms with Crippen LogP contribution in [-0.4, -0.2) is 40.0 Å². The lowest BCUT2D eigenvalue weighted by Gasteiger charge is -2.27. The molecule has 1 aliphatic rings. The number of carbonyl (C=O) groups excluding carboxylic acids is 2. The summed E-state index contributed by atoms with van der Waals surface area (Å²) < 4.78 is 0. The standard InChI is InChI=1S/C20H24Cl2N4O2/c1-3-12(2)10-23-20(28)19-15-11-26(7-6-17(15)24-25-19)18(27)8-13-4-5-14(21)9-16(13)22/h4-5,9,12H,3,6-8,10-11H2,1-2H3,(H,23,28)(H,24,25). The summed E-state index contributed by atoms with van der Waals surface area (Å²) in [6.45, 7) is 5.72. The first-order chi connectivity index (χ1) is 13.4. The van der Waals surface area contributed by atoms with Crippen LogP contribution in [0.5, 0.6) is 0 Å². The maximum atomic E-state index is 12.8. The van der Waals surface area contributed by atoms with Crippen LogP contribution in [0, 0.1) is 5.92 Å². The molecule has 3 rings (SSSR count). The molecule has 1 aliphatic heterocycles. The SMILES string of the molecule is CCC(C)CNC(=O)c1n[nH]c2c1CN(C(=O)Cc1ccc(Cl)cc1Cl)CC2. The first-order valence-corrected chi connectivity index (χ1v) is 10.2. The molecule has 1 aromatic heterocycles.